The fraction of sp³-hybridized carbons (Fsp3) is 0.800. The van der Waals surface area contributed by atoms with Crippen molar-refractivity contribution in [2.75, 3.05) is 0 Å². The number of rotatable bonds is 3. The third kappa shape index (κ3) is 4.79. The first-order chi connectivity index (χ1) is 5.67. The van der Waals surface area contributed by atoms with Crippen molar-refractivity contribution in [1.29, 1.82) is 0 Å². The molecular weight excluding hydrogens is 190 g/mol. The standard InChI is InChI=1S/C10H25NSi2/c1-9(2)8-12-11-13(6,7)10(3,4)5/h8,11H,12H2,1-7H3. The maximum absolute atomic E-state index is 3.83. The molecule has 0 bridgehead atoms. The lowest BCUT2D eigenvalue weighted by Crippen LogP contribution is -2.53. The first-order valence-corrected chi connectivity index (χ1v) is 9.57. The van der Waals surface area contributed by atoms with Crippen LogP contribution < -0.4 is 4.65 Å². The lowest BCUT2D eigenvalue weighted by atomic mass is 10.2. The van der Waals surface area contributed by atoms with E-state index in [9.17, 15) is 0 Å². The van der Waals surface area contributed by atoms with E-state index >= 15 is 0 Å². The molecule has 1 N–H and O–H groups in total. The van der Waals surface area contributed by atoms with E-state index in [1.165, 1.54) is 5.57 Å². The summed E-state index contributed by atoms with van der Waals surface area (Å²) in [6.45, 7) is 16.3. The first kappa shape index (κ1) is 13.1. The smallest absolute Gasteiger partial charge is 0.118 e. The number of hydrogen-bond donors (Lipinski definition) is 1. The third-order valence-electron chi connectivity index (χ3n) is 2.93. The molecule has 0 aromatic carbocycles. The predicted octanol–water partition coefficient (Wildman–Crippen LogP) is 2.59. The first-order valence-electron chi connectivity index (χ1n) is 5.05. The van der Waals surface area contributed by atoms with Gasteiger partial charge in [0.05, 0.1) is 0 Å². The van der Waals surface area contributed by atoms with Gasteiger partial charge in [-0.1, -0.05) is 45.1 Å². The Bertz CT molecular complexity index is 186. The maximum Gasteiger partial charge on any atom is 0.118 e. The van der Waals surface area contributed by atoms with E-state index < -0.39 is 8.24 Å². The number of hydrogen-bond acceptors (Lipinski definition) is 1. The zero-order valence-electron chi connectivity index (χ0n) is 10.3. The van der Waals surface area contributed by atoms with Crippen molar-refractivity contribution < 1.29 is 0 Å². The molecule has 0 spiro atoms. The molecule has 0 unspecified atom stereocenters. The van der Waals surface area contributed by atoms with Crippen LogP contribution in [0.1, 0.15) is 34.6 Å². The van der Waals surface area contributed by atoms with Crippen molar-refractivity contribution in [2.24, 2.45) is 0 Å². The molecule has 0 aliphatic rings. The van der Waals surface area contributed by atoms with Gasteiger partial charge < -0.3 is 4.65 Å². The molecule has 0 atom stereocenters. The summed E-state index contributed by atoms with van der Waals surface area (Å²) in [6, 6.07) is 0. The Morgan fingerprint density at radius 2 is 1.69 bits per heavy atom. The second-order valence-corrected chi connectivity index (χ2v) is 12.5. The molecule has 0 radical (unpaired) electrons. The van der Waals surface area contributed by atoms with E-state index in [0.29, 0.717) is 5.04 Å². The Morgan fingerprint density at radius 1 is 1.23 bits per heavy atom. The summed E-state index contributed by atoms with van der Waals surface area (Å²) in [6.07, 6.45) is 0. The molecule has 78 valence electrons. The molecule has 0 aliphatic carbocycles. The van der Waals surface area contributed by atoms with Crippen molar-refractivity contribution in [1.82, 2.24) is 4.65 Å². The molecule has 0 amide bonds. The topological polar surface area (TPSA) is 12.0 Å². The minimum absolute atomic E-state index is 0.170. The lowest BCUT2D eigenvalue weighted by molar-refractivity contribution is 0.711. The summed E-state index contributed by atoms with van der Waals surface area (Å²) in [4.78, 5) is 0. The van der Waals surface area contributed by atoms with Crippen LogP contribution in [0.5, 0.6) is 0 Å². The minimum atomic E-state index is -1.20. The van der Waals surface area contributed by atoms with E-state index in [1.807, 2.05) is 0 Å². The van der Waals surface area contributed by atoms with Gasteiger partial charge in [-0.15, -0.1) is 0 Å². The van der Waals surface area contributed by atoms with Crippen LogP contribution >= 0.6 is 0 Å². The van der Waals surface area contributed by atoms with E-state index in [-0.39, 0.29) is 9.68 Å². The monoisotopic (exact) mass is 215 g/mol. The highest BCUT2D eigenvalue weighted by Crippen LogP contribution is 2.33. The van der Waals surface area contributed by atoms with Gasteiger partial charge >= 0.3 is 0 Å². The second kappa shape index (κ2) is 4.57. The fourth-order valence-corrected chi connectivity index (χ4v) is 5.75. The second-order valence-electron chi connectivity index (χ2n) is 5.54. The average molecular weight is 215 g/mol. The molecule has 1 nitrogen and oxygen atoms in total. The molecule has 0 aromatic rings. The zero-order valence-corrected chi connectivity index (χ0v) is 12.7. The SMILES string of the molecule is CC(C)=C[SiH2]N[Si](C)(C)C(C)(C)C. The van der Waals surface area contributed by atoms with Crippen molar-refractivity contribution >= 4 is 17.9 Å². The van der Waals surface area contributed by atoms with Crippen molar-refractivity contribution in [3.63, 3.8) is 0 Å². The van der Waals surface area contributed by atoms with Crippen LogP contribution in [-0.2, 0) is 0 Å². The molecule has 0 fully saturated rings. The lowest BCUT2D eigenvalue weighted by Gasteiger charge is -2.37. The Labute approximate surface area is 87.0 Å². The van der Waals surface area contributed by atoms with E-state index in [4.69, 9.17) is 0 Å². The molecule has 3 heteroatoms. The van der Waals surface area contributed by atoms with Gasteiger partial charge in [0.25, 0.3) is 0 Å². The van der Waals surface area contributed by atoms with Crippen molar-refractivity contribution in [3.8, 4) is 0 Å². The number of nitrogens with one attached hydrogen (secondary N) is 1. The largest absolute Gasteiger partial charge is 0.361 e. The van der Waals surface area contributed by atoms with Crippen molar-refractivity contribution in [3.05, 3.63) is 11.3 Å². The van der Waals surface area contributed by atoms with E-state index in [2.05, 4.69) is 58.1 Å². The molecular formula is C10H25NSi2. The Balaban J connectivity index is 4.12. The molecule has 0 heterocycles. The Hall–Kier alpha value is 0.134. The van der Waals surface area contributed by atoms with Crippen molar-refractivity contribution in [2.45, 2.75) is 52.8 Å². The highest BCUT2D eigenvalue weighted by atomic mass is 28.4. The average Bonchev–Trinajstić information content (AvgIpc) is 1.82. The van der Waals surface area contributed by atoms with Crippen LogP contribution in [0.4, 0.5) is 0 Å². The van der Waals surface area contributed by atoms with Crippen LogP contribution in [0.25, 0.3) is 0 Å². The summed E-state index contributed by atoms with van der Waals surface area (Å²) in [5.74, 6) is 0. The summed E-state index contributed by atoms with van der Waals surface area (Å²) in [5, 5.41) is 0.468. The van der Waals surface area contributed by atoms with E-state index in [0.717, 1.165) is 0 Å². The maximum atomic E-state index is 3.83. The van der Waals surface area contributed by atoms with E-state index in [1.54, 1.807) is 0 Å². The molecule has 0 saturated carbocycles. The highest BCUT2D eigenvalue weighted by Gasteiger charge is 2.34. The van der Waals surface area contributed by atoms with Crippen LogP contribution in [0, 0.1) is 0 Å². The summed E-state index contributed by atoms with van der Waals surface area (Å²) in [5.41, 5.74) is 3.86. The van der Waals surface area contributed by atoms with Crippen LogP contribution in [0.15, 0.2) is 11.3 Å². The van der Waals surface area contributed by atoms with Gasteiger partial charge in [0.15, 0.2) is 0 Å². The van der Waals surface area contributed by atoms with Crippen LogP contribution in [0.2, 0.25) is 18.1 Å². The Kier molecular flexibility index (Phi) is 4.62. The van der Waals surface area contributed by atoms with Gasteiger partial charge in [-0.05, 0) is 18.9 Å². The fourth-order valence-electron chi connectivity index (χ4n) is 0.775. The van der Waals surface area contributed by atoms with Crippen LogP contribution in [-0.4, -0.2) is 17.9 Å². The Morgan fingerprint density at radius 3 is 2.00 bits per heavy atom. The zero-order chi connectivity index (χ0) is 10.7. The van der Waals surface area contributed by atoms with Crippen LogP contribution in [0.3, 0.4) is 0 Å². The molecule has 0 rings (SSSR count). The van der Waals surface area contributed by atoms with Gasteiger partial charge in [-0.2, -0.15) is 0 Å². The molecule has 0 saturated heterocycles. The van der Waals surface area contributed by atoms with Gasteiger partial charge in [-0.25, -0.2) is 0 Å². The van der Waals surface area contributed by atoms with Gasteiger partial charge in [0, 0.05) is 0 Å². The highest BCUT2D eigenvalue weighted by molar-refractivity contribution is 6.83. The molecule has 0 aromatic heterocycles. The normalized spacial score (nSPS) is 13.8. The summed E-state index contributed by atoms with van der Waals surface area (Å²) < 4.78 is 3.83. The van der Waals surface area contributed by atoms with Gasteiger partial charge in [-0.3, -0.25) is 0 Å². The van der Waals surface area contributed by atoms with Gasteiger partial charge in [0.2, 0.25) is 0 Å². The predicted molar refractivity (Wildman–Crippen MR) is 68.3 cm³/mol. The van der Waals surface area contributed by atoms with Gasteiger partial charge in [0.1, 0.15) is 17.9 Å². The molecule has 13 heavy (non-hydrogen) atoms. The minimum Gasteiger partial charge on any atom is -0.361 e. The molecule has 0 aliphatic heterocycles. The number of allylic oxidation sites excluding steroid dienone is 1. The summed E-state index contributed by atoms with van der Waals surface area (Å²) >= 11 is 0. The summed E-state index contributed by atoms with van der Waals surface area (Å²) in [7, 11) is -1.38. The quantitative estimate of drug-likeness (QED) is 0.714. The third-order valence-corrected chi connectivity index (χ3v) is 12.1.